The van der Waals surface area contributed by atoms with Crippen LogP contribution < -0.4 is 15.4 Å². The summed E-state index contributed by atoms with van der Waals surface area (Å²) in [5.74, 6) is 1.40. The molecule has 1 saturated heterocycles. The molecule has 0 aliphatic carbocycles. The van der Waals surface area contributed by atoms with E-state index in [1.807, 2.05) is 67.6 Å². The summed E-state index contributed by atoms with van der Waals surface area (Å²) >= 11 is 0. The van der Waals surface area contributed by atoms with Gasteiger partial charge in [-0.2, -0.15) is 0 Å². The highest BCUT2D eigenvalue weighted by Gasteiger charge is 2.21. The van der Waals surface area contributed by atoms with Crippen molar-refractivity contribution in [2.75, 3.05) is 18.0 Å². The molecule has 3 aromatic carbocycles. The Labute approximate surface area is 200 Å². The second-order valence-electron chi connectivity index (χ2n) is 8.80. The van der Waals surface area contributed by atoms with E-state index >= 15 is 0 Å². The van der Waals surface area contributed by atoms with Crippen LogP contribution in [0.3, 0.4) is 0 Å². The number of benzene rings is 3. The SMILES string of the molecule is CC(=N)N1CCC(Oc2ccc(N(Cc3ccc4ccc(C(=N)N)cc4c3)C(C)=O)cc2)CC1. The molecule has 1 aliphatic rings. The van der Waals surface area contributed by atoms with Gasteiger partial charge in [-0.15, -0.1) is 0 Å². The average molecular weight is 458 g/mol. The Morgan fingerprint density at radius 2 is 1.68 bits per heavy atom. The van der Waals surface area contributed by atoms with E-state index in [0.717, 1.165) is 53.7 Å². The van der Waals surface area contributed by atoms with Gasteiger partial charge in [0.1, 0.15) is 17.7 Å². The van der Waals surface area contributed by atoms with E-state index < -0.39 is 0 Å². The van der Waals surface area contributed by atoms with Gasteiger partial charge in [-0.05, 0) is 59.7 Å². The lowest BCUT2D eigenvalue weighted by atomic mass is 10.0. The Kier molecular flexibility index (Phi) is 6.82. The van der Waals surface area contributed by atoms with Crippen LogP contribution in [0.15, 0.2) is 60.7 Å². The Morgan fingerprint density at radius 3 is 2.29 bits per heavy atom. The lowest BCUT2D eigenvalue weighted by molar-refractivity contribution is -0.116. The first kappa shape index (κ1) is 23.3. The van der Waals surface area contributed by atoms with Gasteiger partial charge in [-0.25, -0.2) is 0 Å². The van der Waals surface area contributed by atoms with Crippen molar-refractivity contribution < 1.29 is 9.53 Å². The lowest BCUT2D eigenvalue weighted by Crippen LogP contribution is -2.40. The first-order chi connectivity index (χ1) is 16.3. The second-order valence-corrected chi connectivity index (χ2v) is 8.80. The van der Waals surface area contributed by atoms with Crippen LogP contribution in [0.1, 0.15) is 37.8 Å². The molecule has 0 radical (unpaired) electrons. The average Bonchev–Trinajstić information content (AvgIpc) is 2.83. The van der Waals surface area contributed by atoms with Crippen LogP contribution in [0.4, 0.5) is 5.69 Å². The maximum Gasteiger partial charge on any atom is 0.224 e. The molecule has 4 rings (SSSR count). The molecule has 0 spiro atoms. The van der Waals surface area contributed by atoms with E-state index in [0.29, 0.717) is 17.9 Å². The van der Waals surface area contributed by atoms with Crippen LogP contribution in [-0.4, -0.2) is 41.7 Å². The third kappa shape index (κ3) is 5.36. The number of amidine groups is 2. The normalized spacial score (nSPS) is 14.1. The summed E-state index contributed by atoms with van der Waals surface area (Å²) < 4.78 is 6.15. The molecule has 1 heterocycles. The largest absolute Gasteiger partial charge is 0.490 e. The van der Waals surface area contributed by atoms with Crippen LogP contribution in [0.2, 0.25) is 0 Å². The van der Waals surface area contributed by atoms with E-state index in [1.165, 1.54) is 0 Å². The Bertz CT molecular complexity index is 1210. The van der Waals surface area contributed by atoms with Crippen LogP contribution in [0.25, 0.3) is 10.8 Å². The molecule has 7 nitrogen and oxygen atoms in total. The minimum absolute atomic E-state index is 0.0374. The number of nitrogens with zero attached hydrogens (tertiary/aromatic N) is 2. The van der Waals surface area contributed by atoms with Crippen molar-refractivity contribution in [2.45, 2.75) is 39.3 Å². The highest BCUT2D eigenvalue weighted by atomic mass is 16.5. The summed E-state index contributed by atoms with van der Waals surface area (Å²) in [6, 6.07) is 19.4. The maximum absolute atomic E-state index is 12.5. The maximum atomic E-state index is 12.5. The Hall–Kier alpha value is -3.87. The van der Waals surface area contributed by atoms with Gasteiger partial charge >= 0.3 is 0 Å². The number of ether oxygens (including phenoxy) is 1. The fourth-order valence-corrected chi connectivity index (χ4v) is 4.34. The van der Waals surface area contributed by atoms with Crippen LogP contribution >= 0.6 is 0 Å². The van der Waals surface area contributed by atoms with Crippen molar-refractivity contribution in [3.63, 3.8) is 0 Å². The first-order valence-corrected chi connectivity index (χ1v) is 11.5. The fraction of sp³-hybridized carbons (Fsp3) is 0.296. The van der Waals surface area contributed by atoms with E-state index in [9.17, 15) is 4.79 Å². The number of nitrogen functional groups attached to an aromatic ring is 1. The minimum atomic E-state index is -0.0411. The molecular formula is C27H31N5O2. The van der Waals surface area contributed by atoms with Gasteiger partial charge < -0.3 is 20.3 Å². The molecule has 0 saturated carbocycles. The van der Waals surface area contributed by atoms with E-state index in [1.54, 1.807) is 11.8 Å². The number of carbonyl (C=O) groups excluding carboxylic acids is 1. The molecule has 1 amide bonds. The molecule has 1 aliphatic heterocycles. The number of amides is 1. The zero-order valence-corrected chi connectivity index (χ0v) is 19.7. The molecule has 0 bridgehead atoms. The molecule has 0 aromatic heterocycles. The second kappa shape index (κ2) is 9.95. The summed E-state index contributed by atoms with van der Waals surface area (Å²) in [6.07, 6.45) is 1.93. The van der Waals surface area contributed by atoms with Gasteiger partial charge in [0.15, 0.2) is 0 Å². The summed E-state index contributed by atoms with van der Waals surface area (Å²) in [6.45, 7) is 5.52. The molecule has 1 fully saturated rings. The lowest BCUT2D eigenvalue weighted by Gasteiger charge is -2.32. The molecule has 3 aromatic rings. The summed E-state index contributed by atoms with van der Waals surface area (Å²) in [7, 11) is 0. The Morgan fingerprint density at radius 1 is 1.00 bits per heavy atom. The van der Waals surface area contributed by atoms with Crippen LogP contribution in [0.5, 0.6) is 5.75 Å². The van der Waals surface area contributed by atoms with Crippen LogP contribution in [0, 0.1) is 10.8 Å². The van der Waals surface area contributed by atoms with Gasteiger partial charge in [-0.1, -0.05) is 24.3 Å². The van der Waals surface area contributed by atoms with Gasteiger partial charge in [0.05, 0.1) is 12.4 Å². The number of nitrogens with two attached hydrogens (primary N) is 1. The van der Waals surface area contributed by atoms with Gasteiger partial charge in [0, 0.05) is 44.1 Å². The van der Waals surface area contributed by atoms with Crippen molar-refractivity contribution in [1.29, 1.82) is 10.8 Å². The standard InChI is InChI=1S/C27H31N5O2/c1-18(28)31-13-11-26(12-14-31)34-25-9-7-24(8-10-25)32(19(2)33)17-20-3-4-21-5-6-22(27(29)30)16-23(21)15-20/h3-10,15-16,26,28H,11-14,17H2,1-2H3,(H3,29,30). The van der Waals surface area contributed by atoms with Crippen molar-refractivity contribution in [3.05, 3.63) is 71.8 Å². The van der Waals surface area contributed by atoms with Crippen molar-refractivity contribution >= 4 is 34.0 Å². The van der Waals surface area contributed by atoms with E-state index in [-0.39, 0.29) is 17.8 Å². The number of hydrogen-bond donors (Lipinski definition) is 3. The summed E-state index contributed by atoms with van der Waals surface area (Å²) in [4.78, 5) is 16.3. The van der Waals surface area contributed by atoms with Gasteiger partial charge in [0.25, 0.3) is 0 Å². The smallest absolute Gasteiger partial charge is 0.224 e. The van der Waals surface area contributed by atoms with Crippen molar-refractivity contribution in [2.24, 2.45) is 5.73 Å². The van der Waals surface area contributed by atoms with Gasteiger partial charge in [0.2, 0.25) is 5.91 Å². The number of anilines is 1. The quantitative estimate of drug-likeness (QED) is 0.374. The van der Waals surface area contributed by atoms with Crippen LogP contribution in [-0.2, 0) is 11.3 Å². The highest BCUT2D eigenvalue weighted by Crippen LogP contribution is 2.25. The molecule has 0 atom stereocenters. The number of piperidine rings is 1. The Balaban J connectivity index is 1.46. The molecule has 176 valence electrons. The highest BCUT2D eigenvalue weighted by molar-refractivity contribution is 5.99. The number of nitrogens with one attached hydrogen (secondary N) is 2. The van der Waals surface area contributed by atoms with Gasteiger partial charge in [-0.3, -0.25) is 15.6 Å². The summed E-state index contributed by atoms with van der Waals surface area (Å²) in [5, 5.41) is 17.5. The van der Waals surface area contributed by atoms with E-state index in [2.05, 4.69) is 4.90 Å². The number of rotatable bonds is 6. The zero-order valence-electron chi connectivity index (χ0n) is 19.7. The predicted molar refractivity (Wildman–Crippen MR) is 137 cm³/mol. The minimum Gasteiger partial charge on any atom is -0.490 e. The summed E-state index contributed by atoms with van der Waals surface area (Å²) in [5.41, 5.74) is 8.13. The molecule has 4 N–H and O–H groups in total. The monoisotopic (exact) mass is 457 g/mol. The van der Waals surface area contributed by atoms with Crippen molar-refractivity contribution in [3.8, 4) is 5.75 Å². The number of likely N-dealkylation sites (tertiary alicyclic amines) is 1. The fourth-order valence-electron chi connectivity index (χ4n) is 4.34. The number of carbonyl (C=O) groups is 1. The number of fused-ring (bicyclic) bond motifs is 1. The topological polar surface area (TPSA) is 106 Å². The third-order valence-corrected chi connectivity index (χ3v) is 6.30. The van der Waals surface area contributed by atoms with Crippen molar-refractivity contribution in [1.82, 2.24) is 4.90 Å². The predicted octanol–water partition coefficient (Wildman–Crippen LogP) is 4.52. The first-order valence-electron chi connectivity index (χ1n) is 11.5. The number of hydrogen-bond acceptors (Lipinski definition) is 4. The molecule has 7 heteroatoms. The van der Waals surface area contributed by atoms with E-state index in [4.69, 9.17) is 21.3 Å². The molecule has 34 heavy (non-hydrogen) atoms. The molecular weight excluding hydrogens is 426 g/mol. The molecule has 0 unspecified atom stereocenters. The zero-order chi connectivity index (χ0) is 24.2. The third-order valence-electron chi connectivity index (χ3n) is 6.30.